The number of nitrogens with zero attached hydrogens (tertiary/aromatic N) is 1. The van der Waals surface area contributed by atoms with Crippen LogP contribution < -0.4 is 5.32 Å². The van der Waals surface area contributed by atoms with Crippen LogP contribution in [0.25, 0.3) is 0 Å². The third-order valence-corrected chi connectivity index (χ3v) is 3.22. The molecule has 1 aliphatic rings. The maximum absolute atomic E-state index is 11.5. The lowest BCUT2D eigenvalue weighted by Gasteiger charge is -2.27. The lowest BCUT2D eigenvalue weighted by molar-refractivity contribution is -0.121. The van der Waals surface area contributed by atoms with Gasteiger partial charge < -0.3 is 15.3 Å². The molecule has 1 amide bonds. The van der Waals surface area contributed by atoms with E-state index in [0.29, 0.717) is 13.0 Å². The van der Waals surface area contributed by atoms with E-state index < -0.39 is 0 Å². The molecule has 0 aromatic heterocycles. The number of rotatable bonds is 5. The Morgan fingerprint density at radius 1 is 1.38 bits per heavy atom. The molecule has 4 heteroatoms. The first-order valence-electron chi connectivity index (χ1n) is 6.19. The molecule has 1 rings (SSSR count). The summed E-state index contributed by atoms with van der Waals surface area (Å²) in [5.41, 5.74) is 0. The van der Waals surface area contributed by atoms with Crippen molar-refractivity contribution in [2.75, 3.05) is 27.2 Å². The van der Waals surface area contributed by atoms with E-state index in [2.05, 4.69) is 5.32 Å². The van der Waals surface area contributed by atoms with Gasteiger partial charge in [0.25, 0.3) is 0 Å². The molecule has 4 nitrogen and oxygen atoms in total. The summed E-state index contributed by atoms with van der Waals surface area (Å²) in [6.45, 7) is 1.41. The fourth-order valence-electron chi connectivity index (χ4n) is 2.08. The molecule has 0 aromatic rings. The van der Waals surface area contributed by atoms with Crippen LogP contribution in [0, 0.1) is 5.92 Å². The van der Waals surface area contributed by atoms with Crippen molar-refractivity contribution in [1.29, 1.82) is 0 Å². The first-order chi connectivity index (χ1) is 7.59. The number of carbonyl (C=O) groups excluding carboxylic acids is 1. The van der Waals surface area contributed by atoms with Crippen LogP contribution >= 0.6 is 0 Å². The Balaban J connectivity index is 2.15. The highest BCUT2D eigenvalue weighted by molar-refractivity contribution is 5.76. The Bertz CT molecular complexity index is 219. The van der Waals surface area contributed by atoms with Crippen LogP contribution in [0.4, 0.5) is 0 Å². The molecule has 0 aromatic carbocycles. The van der Waals surface area contributed by atoms with E-state index in [1.54, 1.807) is 0 Å². The van der Waals surface area contributed by atoms with Gasteiger partial charge in [-0.05, 0) is 26.9 Å². The van der Waals surface area contributed by atoms with Gasteiger partial charge >= 0.3 is 0 Å². The first-order valence-corrected chi connectivity index (χ1v) is 6.19. The second kappa shape index (κ2) is 6.86. The normalized spacial score (nSPS) is 25.8. The summed E-state index contributed by atoms with van der Waals surface area (Å²) in [6, 6.07) is 0. The standard InChI is InChI=1S/C12H24N2O2/c1-14(2)8-7-12(16)13-9-10-5-3-4-6-11(10)15/h10-11,15H,3-9H2,1-2H3,(H,13,16). The second-order valence-electron chi connectivity index (χ2n) is 4.97. The van der Waals surface area contributed by atoms with E-state index >= 15 is 0 Å². The lowest BCUT2D eigenvalue weighted by Crippen LogP contribution is -2.37. The van der Waals surface area contributed by atoms with Crippen molar-refractivity contribution in [3.8, 4) is 0 Å². The van der Waals surface area contributed by atoms with Crippen LogP contribution in [0.2, 0.25) is 0 Å². The number of hydrogen-bond acceptors (Lipinski definition) is 3. The van der Waals surface area contributed by atoms with E-state index in [-0.39, 0.29) is 17.9 Å². The van der Waals surface area contributed by atoms with Crippen LogP contribution in [-0.2, 0) is 4.79 Å². The number of nitrogens with one attached hydrogen (secondary N) is 1. The zero-order valence-electron chi connectivity index (χ0n) is 10.4. The van der Waals surface area contributed by atoms with E-state index in [1.807, 2.05) is 19.0 Å². The molecule has 2 N–H and O–H groups in total. The molecule has 1 fully saturated rings. The van der Waals surface area contributed by atoms with Gasteiger partial charge in [0.1, 0.15) is 0 Å². The average molecular weight is 228 g/mol. The SMILES string of the molecule is CN(C)CCC(=O)NCC1CCCCC1O. The maximum Gasteiger partial charge on any atom is 0.221 e. The summed E-state index contributed by atoms with van der Waals surface area (Å²) in [5.74, 6) is 0.350. The first kappa shape index (κ1) is 13.5. The Hall–Kier alpha value is -0.610. The topological polar surface area (TPSA) is 52.6 Å². The molecule has 0 saturated heterocycles. The van der Waals surface area contributed by atoms with Gasteiger partial charge in [-0.2, -0.15) is 0 Å². The number of aliphatic hydroxyl groups is 1. The monoisotopic (exact) mass is 228 g/mol. The summed E-state index contributed by atoms with van der Waals surface area (Å²) >= 11 is 0. The van der Waals surface area contributed by atoms with Gasteiger partial charge in [0.2, 0.25) is 5.91 Å². The molecule has 1 aliphatic carbocycles. The van der Waals surface area contributed by atoms with Crippen molar-refractivity contribution >= 4 is 5.91 Å². The van der Waals surface area contributed by atoms with Gasteiger partial charge in [0.15, 0.2) is 0 Å². The van der Waals surface area contributed by atoms with Gasteiger partial charge in [-0.3, -0.25) is 4.79 Å². The molecular formula is C12H24N2O2. The quantitative estimate of drug-likeness (QED) is 0.725. The van der Waals surface area contributed by atoms with E-state index in [1.165, 1.54) is 6.42 Å². The Morgan fingerprint density at radius 3 is 2.69 bits per heavy atom. The highest BCUT2D eigenvalue weighted by atomic mass is 16.3. The summed E-state index contributed by atoms with van der Waals surface area (Å²) in [4.78, 5) is 13.5. The highest BCUT2D eigenvalue weighted by Crippen LogP contribution is 2.23. The summed E-state index contributed by atoms with van der Waals surface area (Å²) in [6.07, 6.45) is 4.54. The van der Waals surface area contributed by atoms with Gasteiger partial charge in [-0.1, -0.05) is 12.8 Å². The summed E-state index contributed by atoms with van der Waals surface area (Å²) < 4.78 is 0. The number of carbonyl (C=O) groups is 1. The van der Waals surface area contributed by atoms with Gasteiger partial charge in [0, 0.05) is 25.4 Å². The third-order valence-electron chi connectivity index (χ3n) is 3.22. The Kier molecular flexibility index (Phi) is 5.77. The minimum Gasteiger partial charge on any atom is -0.393 e. The number of aliphatic hydroxyl groups excluding tert-OH is 1. The van der Waals surface area contributed by atoms with Gasteiger partial charge in [0.05, 0.1) is 6.10 Å². The second-order valence-corrected chi connectivity index (χ2v) is 4.97. The third kappa shape index (κ3) is 4.94. The molecule has 16 heavy (non-hydrogen) atoms. The fourth-order valence-corrected chi connectivity index (χ4v) is 2.08. The van der Waals surface area contributed by atoms with Crippen LogP contribution in [0.1, 0.15) is 32.1 Å². The smallest absolute Gasteiger partial charge is 0.221 e. The molecule has 94 valence electrons. The van der Waals surface area contributed by atoms with Crippen molar-refractivity contribution < 1.29 is 9.90 Å². The van der Waals surface area contributed by atoms with Crippen LogP contribution in [0.3, 0.4) is 0 Å². The molecule has 0 radical (unpaired) electrons. The van der Waals surface area contributed by atoms with E-state index in [0.717, 1.165) is 25.8 Å². The van der Waals surface area contributed by atoms with Gasteiger partial charge in [-0.15, -0.1) is 0 Å². The molecule has 0 spiro atoms. The minimum absolute atomic E-state index is 0.0893. The number of amides is 1. The van der Waals surface area contributed by atoms with E-state index in [4.69, 9.17) is 0 Å². The van der Waals surface area contributed by atoms with E-state index in [9.17, 15) is 9.90 Å². The maximum atomic E-state index is 11.5. The van der Waals surface area contributed by atoms with Crippen molar-refractivity contribution in [2.45, 2.75) is 38.2 Å². The molecule has 2 unspecified atom stereocenters. The average Bonchev–Trinajstić information content (AvgIpc) is 2.25. The van der Waals surface area contributed by atoms with Crippen LogP contribution in [0.5, 0.6) is 0 Å². The van der Waals surface area contributed by atoms with Crippen LogP contribution in [-0.4, -0.2) is 49.2 Å². The molecule has 0 heterocycles. The molecule has 0 bridgehead atoms. The number of hydrogen-bond donors (Lipinski definition) is 2. The zero-order valence-corrected chi connectivity index (χ0v) is 10.4. The molecule has 1 saturated carbocycles. The van der Waals surface area contributed by atoms with Crippen molar-refractivity contribution in [2.24, 2.45) is 5.92 Å². The molecule has 0 aliphatic heterocycles. The fraction of sp³-hybridized carbons (Fsp3) is 0.917. The highest BCUT2D eigenvalue weighted by Gasteiger charge is 2.23. The lowest BCUT2D eigenvalue weighted by atomic mass is 9.86. The largest absolute Gasteiger partial charge is 0.393 e. The predicted octanol–water partition coefficient (Wildman–Crippen LogP) is 0.605. The van der Waals surface area contributed by atoms with Crippen LogP contribution in [0.15, 0.2) is 0 Å². The van der Waals surface area contributed by atoms with Gasteiger partial charge in [-0.25, -0.2) is 0 Å². The summed E-state index contributed by atoms with van der Waals surface area (Å²) in [5, 5.41) is 12.7. The van der Waals surface area contributed by atoms with Crippen molar-refractivity contribution in [3.05, 3.63) is 0 Å². The Labute approximate surface area is 98.0 Å². The molecular weight excluding hydrogens is 204 g/mol. The molecule has 2 atom stereocenters. The Morgan fingerprint density at radius 2 is 2.06 bits per heavy atom. The minimum atomic E-state index is -0.220. The predicted molar refractivity (Wildman–Crippen MR) is 64.1 cm³/mol. The van der Waals surface area contributed by atoms with Crippen molar-refractivity contribution in [3.63, 3.8) is 0 Å². The zero-order chi connectivity index (χ0) is 12.0. The summed E-state index contributed by atoms with van der Waals surface area (Å²) in [7, 11) is 3.91. The van der Waals surface area contributed by atoms with Crippen molar-refractivity contribution in [1.82, 2.24) is 10.2 Å².